The zero-order chi connectivity index (χ0) is 15.4. The molecule has 0 aromatic heterocycles. The number of methoxy groups -OCH3 is 1. The Kier molecular flexibility index (Phi) is 7.59. The molecule has 3 atom stereocenters. The maximum atomic E-state index is 12.9. The van der Waals surface area contributed by atoms with Gasteiger partial charge in [0.1, 0.15) is 12.6 Å². The Bertz CT molecular complexity index is 378. The van der Waals surface area contributed by atoms with Crippen LogP contribution in [0.5, 0.6) is 0 Å². The van der Waals surface area contributed by atoms with Crippen molar-refractivity contribution in [3.63, 3.8) is 0 Å². The van der Waals surface area contributed by atoms with Gasteiger partial charge in [-0.05, 0) is 31.7 Å². The van der Waals surface area contributed by atoms with Gasteiger partial charge in [-0.15, -0.1) is 12.4 Å². The summed E-state index contributed by atoms with van der Waals surface area (Å²) < 4.78 is 4.84. The van der Waals surface area contributed by atoms with Crippen LogP contribution in [0.2, 0.25) is 0 Å². The van der Waals surface area contributed by atoms with Crippen molar-refractivity contribution < 1.29 is 14.3 Å². The van der Waals surface area contributed by atoms with E-state index in [4.69, 9.17) is 4.74 Å². The fourth-order valence-corrected chi connectivity index (χ4v) is 3.36. The van der Waals surface area contributed by atoms with Crippen LogP contribution in [0.25, 0.3) is 0 Å². The lowest BCUT2D eigenvalue weighted by atomic mass is 10.0. The molecular formula is C15H28ClN3O3. The van der Waals surface area contributed by atoms with Crippen LogP contribution in [0.1, 0.15) is 33.1 Å². The normalized spacial score (nSPS) is 25.4. The standard InChI is InChI=1S/C15H27N3O3.ClH/c1-10(2)14(17-13(19)9-21-3)15(20)18-11-4-5-12(18)8-16-7-6-11;/h10-12,14,16H,4-9H2,1-3H3,(H,17,19);1H/t11?,12?,14-;/m0./s1. The van der Waals surface area contributed by atoms with E-state index in [2.05, 4.69) is 10.6 Å². The lowest BCUT2D eigenvalue weighted by molar-refractivity contribution is -0.140. The molecule has 2 rings (SSSR count). The van der Waals surface area contributed by atoms with Gasteiger partial charge in [0.05, 0.1) is 0 Å². The van der Waals surface area contributed by atoms with Crippen LogP contribution in [0.4, 0.5) is 0 Å². The molecule has 6 nitrogen and oxygen atoms in total. The Morgan fingerprint density at radius 3 is 2.59 bits per heavy atom. The Morgan fingerprint density at radius 1 is 1.27 bits per heavy atom. The van der Waals surface area contributed by atoms with Crippen LogP contribution in [-0.4, -0.2) is 61.6 Å². The van der Waals surface area contributed by atoms with Gasteiger partial charge in [0.25, 0.3) is 0 Å². The number of nitrogens with one attached hydrogen (secondary N) is 2. The molecular weight excluding hydrogens is 306 g/mol. The molecule has 0 radical (unpaired) electrons. The van der Waals surface area contributed by atoms with E-state index in [0.29, 0.717) is 6.04 Å². The zero-order valence-electron chi connectivity index (χ0n) is 13.6. The number of nitrogens with zero attached hydrogens (tertiary/aromatic N) is 1. The van der Waals surface area contributed by atoms with Crippen molar-refractivity contribution in [2.24, 2.45) is 5.92 Å². The van der Waals surface area contributed by atoms with E-state index in [1.165, 1.54) is 7.11 Å². The van der Waals surface area contributed by atoms with E-state index < -0.39 is 6.04 Å². The van der Waals surface area contributed by atoms with Crippen LogP contribution < -0.4 is 10.6 Å². The molecule has 2 saturated heterocycles. The molecule has 2 unspecified atom stereocenters. The average molecular weight is 334 g/mol. The Hall–Kier alpha value is -0.850. The van der Waals surface area contributed by atoms with Crippen LogP contribution in [-0.2, 0) is 14.3 Å². The Balaban J connectivity index is 0.00000242. The molecule has 0 spiro atoms. The lowest BCUT2D eigenvalue weighted by Crippen LogP contribution is -2.55. The first-order valence-electron chi connectivity index (χ1n) is 7.85. The van der Waals surface area contributed by atoms with Gasteiger partial charge in [0, 0.05) is 25.7 Å². The molecule has 22 heavy (non-hydrogen) atoms. The Labute approximate surface area is 138 Å². The molecule has 0 aliphatic carbocycles. The first kappa shape index (κ1) is 19.2. The summed E-state index contributed by atoms with van der Waals surface area (Å²) in [6, 6.07) is 0.123. The van der Waals surface area contributed by atoms with Crippen molar-refractivity contribution in [1.29, 1.82) is 0 Å². The number of halogens is 1. The van der Waals surface area contributed by atoms with Crippen molar-refractivity contribution >= 4 is 24.2 Å². The highest BCUT2D eigenvalue weighted by atomic mass is 35.5. The molecule has 2 heterocycles. The van der Waals surface area contributed by atoms with Gasteiger partial charge in [0.2, 0.25) is 11.8 Å². The number of hydrogen-bond acceptors (Lipinski definition) is 4. The van der Waals surface area contributed by atoms with Gasteiger partial charge in [-0.25, -0.2) is 0 Å². The molecule has 0 aromatic rings. The topological polar surface area (TPSA) is 70.7 Å². The van der Waals surface area contributed by atoms with E-state index in [9.17, 15) is 9.59 Å². The number of fused-ring (bicyclic) bond motifs is 2. The molecule has 0 aromatic carbocycles. The molecule has 2 aliphatic rings. The van der Waals surface area contributed by atoms with Gasteiger partial charge in [-0.2, -0.15) is 0 Å². The predicted molar refractivity (Wildman–Crippen MR) is 87.0 cm³/mol. The minimum Gasteiger partial charge on any atom is -0.375 e. The third-order valence-corrected chi connectivity index (χ3v) is 4.43. The van der Waals surface area contributed by atoms with Crippen molar-refractivity contribution in [3.8, 4) is 0 Å². The minimum absolute atomic E-state index is 0. The van der Waals surface area contributed by atoms with E-state index in [-0.39, 0.29) is 42.8 Å². The second-order valence-corrected chi connectivity index (χ2v) is 6.35. The molecule has 2 N–H and O–H groups in total. The minimum atomic E-state index is -0.464. The predicted octanol–water partition coefficient (Wildman–Crippen LogP) is 0.548. The van der Waals surface area contributed by atoms with Gasteiger partial charge in [-0.3, -0.25) is 9.59 Å². The summed E-state index contributed by atoms with van der Waals surface area (Å²) in [5.41, 5.74) is 0. The highest BCUT2D eigenvalue weighted by molar-refractivity contribution is 5.89. The van der Waals surface area contributed by atoms with Crippen LogP contribution in [0.3, 0.4) is 0 Å². The highest BCUT2D eigenvalue weighted by Gasteiger charge is 2.41. The van der Waals surface area contributed by atoms with E-state index in [1.807, 2.05) is 18.7 Å². The maximum absolute atomic E-state index is 12.9. The second kappa shape index (κ2) is 8.70. The van der Waals surface area contributed by atoms with Crippen molar-refractivity contribution in [2.45, 2.75) is 51.2 Å². The largest absolute Gasteiger partial charge is 0.375 e. The number of amides is 2. The van der Waals surface area contributed by atoms with Gasteiger partial charge in [-0.1, -0.05) is 13.8 Å². The summed E-state index contributed by atoms with van der Waals surface area (Å²) >= 11 is 0. The summed E-state index contributed by atoms with van der Waals surface area (Å²) in [5, 5.41) is 6.22. The molecule has 2 fully saturated rings. The average Bonchev–Trinajstić information content (AvgIpc) is 2.68. The third-order valence-electron chi connectivity index (χ3n) is 4.43. The van der Waals surface area contributed by atoms with Gasteiger partial charge >= 0.3 is 0 Å². The number of carbonyl (C=O) groups is 2. The molecule has 128 valence electrons. The Morgan fingerprint density at radius 2 is 1.95 bits per heavy atom. The highest BCUT2D eigenvalue weighted by Crippen LogP contribution is 2.29. The first-order valence-corrected chi connectivity index (χ1v) is 7.85. The van der Waals surface area contributed by atoms with Crippen molar-refractivity contribution in [1.82, 2.24) is 15.5 Å². The van der Waals surface area contributed by atoms with E-state index in [1.54, 1.807) is 0 Å². The van der Waals surface area contributed by atoms with E-state index >= 15 is 0 Å². The number of hydrogen-bond donors (Lipinski definition) is 2. The van der Waals surface area contributed by atoms with Crippen molar-refractivity contribution in [2.75, 3.05) is 26.8 Å². The van der Waals surface area contributed by atoms with Crippen molar-refractivity contribution in [3.05, 3.63) is 0 Å². The van der Waals surface area contributed by atoms with Gasteiger partial charge < -0.3 is 20.3 Å². The van der Waals surface area contributed by atoms with Gasteiger partial charge in [0.15, 0.2) is 0 Å². The van der Waals surface area contributed by atoms with Crippen LogP contribution >= 0.6 is 12.4 Å². The van der Waals surface area contributed by atoms with E-state index in [0.717, 1.165) is 32.4 Å². The smallest absolute Gasteiger partial charge is 0.246 e. The molecule has 2 bridgehead atoms. The first-order chi connectivity index (χ1) is 10.0. The summed E-state index contributed by atoms with van der Waals surface area (Å²) in [7, 11) is 1.48. The molecule has 2 aliphatic heterocycles. The zero-order valence-corrected chi connectivity index (χ0v) is 14.4. The fraction of sp³-hybridized carbons (Fsp3) is 0.867. The second-order valence-electron chi connectivity index (χ2n) is 6.35. The third kappa shape index (κ3) is 4.33. The quantitative estimate of drug-likeness (QED) is 0.771. The summed E-state index contributed by atoms with van der Waals surface area (Å²) in [6.07, 6.45) is 3.13. The molecule has 7 heteroatoms. The molecule has 2 amide bonds. The van der Waals surface area contributed by atoms with Crippen LogP contribution in [0, 0.1) is 5.92 Å². The summed E-state index contributed by atoms with van der Waals surface area (Å²) in [4.78, 5) is 26.7. The lowest BCUT2D eigenvalue weighted by Gasteiger charge is -2.33. The number of rotatable bonds is 5. The summed E-state index contributed by atoms with van der Waals surface area (Å²) in [6.45, 7) is 5.75. The van der Waals surface area contributed by atoms with Crippen LogP contribution in [0.15, 0.2) is 0 Å². The maximum Gasteiger partial charge on any atom is 0.246 e. The molecule has 0 saturated carbocycles. The SMILES string of the molecule is COCC(=O)N[C@H](C(=O)N1C2CCNCC1CC2)C(C)C.Cl. The number of carbonyl (C=O) groups excluding carboxylic acids is 2. The number of ether oxygens (including phenoxy) is 1. The monoisotopic (exact) mass is 333 g/mol. The summed E-state index contributed by atoms with van der Waals surface area (Å²) in [5.74, 6) is -0.107. The fourth-order valence-electron chi connectivity index (χ4n) is 3.36.